The Hall–Kier alpha value is -0.890. The second kappa shape index (κ2) is 4.96. The molecule has 0 saturated carbocycles. The average Bonchev–Trinajstić information content (AvgIpc) is 2.17. The summed E-state index contributed by atoms with van der Waals surface area (Å²) in [6.45, 7) is 8.51. The minimum absolute atomic E-state index is 0.0832. The maximum atomic E-state index is 13.7. The fraction of sp³-hybridized carbons (Fsp3) is 0.571. The predicted molar refractivity (Wildman–Crippen MR) is 67.0 cm³/mol. The van der Waals surface area contributed by atoms with Crippen molar-refractivity contribution in [2.45, 2.75) is 40.2 Å². The van der Waals surface area contributed by atoms with Crippen LogP contribution < -0.4 is 5.32 Å². The van der Waals surface area contributed by atoms with Crippen molar-refractivity contribution in [1.29, 1.82) is 0 Å². The van der Waals surface area contributed by atoms with E-state index in [1.165, 1.54) is 0 Å². The second-order valence-corrected chi connectivity index (χ2v) is 5.63. The summed E-state index contributed by atoms with van der Waals surface area (Å²) in [6, 6.07) is 5.38. The van der Waals surface area contributed by atoms with Crippen LogP contribution in [0.2, 0.25) is 0 Å². The van der Waals surface area contributed by atoms with Crippen molar-refractivity contribution in [2.75, 3.05) is 7.05 Å². The van der Waals surface area contributed by atoms with Crippen LogP contribution in [0.1, 0.15) is 44.4 Å². The number of aryl methyl sites for hydroxylation is 1. The van der Waals surface area contributed by atoms with E-state index in [9.17, 15) is 4.39 Å². The first kappa shape index (κ1) is 13.2. The molecule has 1 aromatic rings. The lowest BCUT2D eigenvalue weighted by molar-refractivity contribution is 0.316. The molecule has 1 nitrogen and oxygen atoms in total. The number of halogens is 1. The normalized spacial score (nSPS) is 13.9. The number of rotatable bonds is 3. The number of hydrogen-bond donors (Lipinski definition) is 1. The summed E-state index contributed by atoms with van der Waals surface area (Å²) < 4.78 is 13.7. The summed E-state index contributed by atoms with van der Waals surface area (Å²) in [5, 5.41) is 3.20. The quantitative estimate of drug-likeness (QED) is 0.821. The molecule has 1 aromatic carbocycles. The van der Waals surface area contributed by atoms with Gasteiger partial charge < -0.3 is 5.32 Å². The molecule has 0 radical (unpaired) electrons. The monoisotopic (exact) mass is 223 g/mol. The van der Waals surface area contributed by atoms with Crippen molar-refractivity contribution < 1.29 is 4.39 Å². The molecule has 0 aliphatic heterocycles. The highest BCUT2D eigenvalue weighted by Gasteiger charge is 2.21. The van der Waals surface area contributed by atoms with E-state index in [4.69, 9.17) is 0 Å². The van der Waals surface area contributed by atoms with E-state index in [0.717, 1.165) is 17.5 Å². The van der Waals surface area contributed by atoms with Crippen LogP contribution in [0.25, 0.3) is 0 Å². The van der Waals surface area contributed by atoms with Gasteiger partial charge in [0.15, 0.2) is 0 Å². The summed E-state index contributed by atoms with van der Waals surface area (Å²) in [5.41, 5.74) is 2.06. The first-order valence-electron chi connectivity index (χ1n) is 5.77. The number of nitrogens with one attached hydrogen (secondary N) is 1. The molecule has 16 heavy (non-hydrogen) atoms. The first-order valence-corrected chi connectivity index (χ1v) is 5.77. The number of hydrogen-bond acceptors (Lipinski definition) is 1. The highest BCUT2D eigenvalue weighted by molar-refractivity contribution is 5.27. The summed E-state index contributed by atoms with van der Waals surface area (Å²) in [6.07, 6.45) is 0.921. The Bertz CT molecular complexity index is 352. The molecular weight excluding hydrogens is 201 g/mol. The lowest BCUT2D eigenvalue weighted by Gasteiger charge is -2.26. The average molecular weight is 223 g/mol. The smallest absolute Gasteiger partial charge is 0.127 e. The lowest BCUT2D eigenvalue weighted by atomic mass is 9.85. The van der Waals surface area contributed by atoms with Crippen molar-refractivity contribution in [2.24, 2.45) is 5.41 Å². The third-order valence-corrected chi connectivity index (χ3v) is 2.69. The molecule has 0 bridgehead atoms. The van der Waals surface area contributed by atoms with Gasteiger partial charge in [-0.25, -0.2) is 4.39 Å². The Morgan fingerprint density at radius 2 is 1.94 bits per heavy atom. The maximum absolute atomic E-state index is 13.7. The summed E-state index contributed by atoms with van der Waals surface area (Å²) in [4.78, 5) is 0. The number of benzene rings is 1. The second-order valence-electron chi connectivity index (χ2n) is 5.63. The third-order valence-electron chi connectivity index (χ3n) is 2.69. The van der Waals surface area contributed by atoms with E-state index in [2.05, 4.69) is 26.1 Å². The van der Waals surface area contributed by atoms with Crippen molar-refractivity contribution in [3.8, 4) is 0 Å². The van der Waals surface area contributed by atoms with Gasteiger partial charge in [-0.1, -0.05) is 38.5 Å². The zero-order valence-corrected chi connectivity index (χ0v) is 10.9. The maximum Gasteiger partial charge on any atom is 0.127 e. The topological polar surface area (TPSA) is 12.0 Å². The van der Waals surface area contributed by atoms with Crippen LogP contribution in [-0.2, 0) is 0 Å². The first-order chi connectivity index (χ1) is 7.33. The van der Waals surface area contributed by atoms with Crippen LogP contribution >= 0.6 is 0 Å². The molecule has 0 spiro atoms. The lowest BCUT2D eigenvalue weighted by Crippen LogP contribution is -2.23. The highest BCUT2D eigenvalue weighted by atomic mass is 19.1. The van der Waals surface area contributed by atoms with E-state index in [0.29, 0.717) is 0 Å². The van der Waals surface area contributed by atoms with Gasteiger partial charge in [0.1, 0.15) is 5.82 Å². The minimum atomic E-state index is -0.116. The predicted octanol–water partition coefficient (Wildman–Crippen LogP) is 3.83. The van der Waals surface area contributed by atoms with E-state index in [-0.39, 0.29) is 17.3 Å². The molecule has 1 atom stereocenters. The van der Waals surface area contributed by atoms with E-state index < -0.39 is 0 Å². The molecule has 0 heterocycles. The van der Waals surface area contributed by atoms with Gasteiger partial charge in [0.05, 0.1) is 0 Å². The van der Waals surface area contributed by atoms with Crippen LogP contribution in [0.15, 0.2) is 18.2 Å². The minimum Gasteiger partial charge on any atom is -0.313 e. The molecule has 1 unspecified atom stereocenters. The van der Waals surface area contributed by atoms with Gasteiger partial charge >= 0.3 is 0 Å². The van der Waals surface area contributed by atoms with E-state index in [1.54, 1.807) is 6.07 Å². The van der Waals surface area contributed by atoms with Crippen molar-refractivity contribution in [3.63, 3.8) is 0 Å². The molecule has 90 valence electrons. The molecule has 0 fully saturated rings. The Kier molecular flexibility index (Phi) is 4.09. The third kappa shape index (κ3) is 3.60. The summed E-state index contributed by atoms with van der Waals surface area (Å²) in [7, 11) is 1.89. The van der Waals surface area contributed by atoms with Gasteiger partial charge in [-0.3, -0.25) is 0 Å². The molecule has 0 aliphatic rings. The van der Waals surface area contributed by atoms with Gasteiger partial charge in [0.25, 0.3) is 0 Å². The van der Waals surface area contributed by atoms with Crippen molar-refractivity contribution in [1.82, 2.24) is 5.32 Å². The SMILES string of the molecule is CNC(CC(C)(C)C)c1cc(C)ccc1F. The standard InChI is InChI=1S/C14H22FN/c1-10-6-7-12(15)11(8-10)13(16-5)9-14(2,3)4/h6-8,13,16H,9H2,1-5H3. The fourth-order valence-corrected chi connectivity index (χ4v) is 1.91. The summed E-state index contributed by atoms with van der Waals surface area (Å²) >= 11 is 0. The Balaban J connectivity index is 2.99. The van der Waals surface area contributed by atoms with Crippen LogP contribution in [0.5, 0.6) is 0 Å². The molecule has 0 aromatic heterocycles. The zero-order chi connectivity index (χ0) is 12.3. The van der Waals surface area contributed by atoms with Crippen LogP contribution in [0.4, 0.5) is 4.39 Å². The van der Waals surface area contributed by atoms with Crippen LogP contribution in [-0.4, -0.2) is 7.05 Å². The molecule has 2 heteroatoms. The largest absolute Gasteiger partial charge is 0.313 e. The Morgan fingerprint density at radius 3 is 2.44 bits per heavy atom. The molecule has 0 amide bonds. The van der Waals surface area contributed by atoms with Crippen molar-refractivity contribution in [3.05, 3.63) is 35.1 Å². The summed E-state index contributed by atoms with van der Waals surface area (Å²) in [5.74, 6) is -0.116. The van der Waals surface area contributed by atoms with Crippen LogP contribution in [0.3, 0.4) is 0 Å². The molecule has 0 saturated heterocycles. The molecular formula is C14H22FN. The highest BCUT2D eigenvalue weighted by Crippen LogP contribution is 2.30. The zero-order valence-electron chi connectivity index (χ0n) is 10.9. The van der Waals surface area contributed by atoms with Gasteiger partial charge in [0, 0.05) is 11.6 Å². The Labute approximate surface area is 98.1 Å². The van der Waals surface area contributed by atoms with E-state index in [1.807, 2.05) is 26.1 Å². The van der Waals surface area contributed by atoms with Crippen LogP contribution in [0, 0.1) is 18.2 Å². The molecule has 1 N–H and O–H groups in total. The van der Waals surface area contributed by atoms with Crippen molar-refractivity contribution >= 4 is 0 Å². The fourth-order valence-electron chi connectivity index (χ4n) is 1.91. The van der Waals surface area contributed by atoms with Gasteiger partial charge in [-0.05, 0) is 31.9 Å². The molecule has 0 aliphatic carbocycles. The van der Waals surface area contributed by atoms with Gasteiger partial charge in [-0.2, -0.15) is 0 Å². The van der Waals surface area contributed by atoms with Gasteiger partial charge in [0.2, 0.25) is 0 Å². The molecule has 1 rings (SSSR count). The Morgan fingerprint density at radius 1 is 1.31 bits per heavy atom. The van der Waals surface area contributed by atoms with E-state index >= 15 is 0 Å². The van der Waals surface area contributed by atoms with Gasteiger partial charge in [-0.15, -0.1) is 0 Å².